The van der Waals surface area contributed by atoms with Crippen molar-refractivity contribution in [3.05, 3.63) is 29.8 Å². The van der Waals surface area contributed by atoms with E-state index in [1.807, 2.05) is 90.6 Å². The largest absolute Gasteiger partial charge is 0.399 e. The fraction of sp³-hybridized carbons (Fsp3) is 0.738. The average Bonchev–Trinajstić information content (AvgIpc) is 3.61. The summed E-state index contributed by atoms with van der Waals surface area (Å²) < 4.78 is 12.1. The van der Waals surface area contributed by atoms with Crippen molar-refractivity contribution in [2.75, 3.05) is 54.7 Å². The van der Waals surface area contributed by atoms with Gasteiger partial charge in [-0.05, 0) is 68.8 Å². The fourth-order valence-corrected chi connectivity index (χ4v) is 8.35. The number of hydrogen-bond donors (Lipinski definition) is 2. The Labute approximate surface area is 331 Å². The van der Waals surface area contributed by atoms with E-state index in [2.05, 4.69) is 11.4 Å². The van der Waals surface area contributed by atoms with Crippen molar-refractivity contribution in [3.63, 3.8) is 0 Å². The minimum absolute atomic E-state index is 0.0247. The molecule has 1 heterocycles. The highest BCUT2D eigenvalue weighted by molar-refractivity contribution is 5.90. The summed E-state index contributed by atoms with van der Waals surface area (Å²) in [6.45, 7) is 14.2. The SMILES string of the molecule is CC[C@H](C)[C@@H]([C@@H](CC(=O)N1CCC[C@H]1[C@H](OC)[C@@H](C)C(=O)N(C)[C@H](CC#N)Cc1cccc(N)c1)OC)N(C)C(=O)[C@@H](NC(=O)[C@@H](C(C)C)N(C)C)C(C)C. The van der Waals surface area contributed by atoms with E-state index >= 15 is 0 Å². The Morgan fingerprint density at radius 3 is 2.15 bits per heavy atom. The summed E-state index contributed by atoms with van der Waals surface area (Å²) in [7, 11) is 10.3. The molecule has 310 valence electrons. The van der Waals surface area contributed by atoms with Gasteiger partial charge in [-0.15, -0.1) is 0 Å². The summed E-state index contributed by atoms with van der Waals surface area (Å²) in [6, 6.07) is 7.34. The number of rotatable bonds is 21. The summed E-state index contributed by atoms with van der Waals surface area (Å²) in [4.78, 5) is 63.0. The molecule has 0 unspecified atom stereocenters. The zero-order chi connectivity index (χ0) is 41.7. The molecule has 0 saturated carbocycles. The molecule has 1 aromatic carbocycles. The third-order valence-corrected chi connectivity index (χ3v) is 11.6. The molecule has 1 aliphatic heterocycles. The first-order chi connectivity index (χ1) is 25.9. The van der Waals surface area contributed by atoms with Gasteiger partial charge in [0.15, 0.2) is 0 Å². The molecule has 1 fully saturated rings. The monoisotopic (exact) mass is 770 g/mol. The maximum atomic E-state index is 14.3. The van der Waals surface area contributed by atoms with Crippen molar-refractivity contribution in [2.45, 2.75) is 129 Å². The highest BCUT2D eigenvalue weighted by Gasteiger charge is 2.44. The summed E-state index contributed by atoms with van der Waals surface area (Å²) >= 11 is 0. The van der Waals surface area contributed by atoms with Crippen LogP contribution in [-0.4, -0.2) is 135 Å². The zero-order valence-electron chi connectivity index (χ0n) is 35.9. The van der Waals surface area contributed by atoms with Crippen molar-refractivity contribution in [2.24, 2.45) is 23.7 Å². The number of carbonyl (C=O) groups excluding carboxylic acids is 4. The van der Waals surface area contributed by atoms with Crippen LogP contribution in [0.1, 0.15) is 86.1 Å². The topological polar surface area (TPSA) is 162 Å². The van der Waals surface area contributed by atoms with E-state index in [0.29, 0.717) is 25.1 Å². The first-order valence-electron chi connectivity index (χ1n) is 19.9. The summed E-state index contributed by atoms with van der Waals surface area (Å²) in [5.41, 5.74) is 7.55. The van der Waals surface area contributed by atoms with Gasteiger partial charge in [0.05, 0.1) is 55.2 Å². The van der Waals surface area contributed by atoms with Crippen molar-refractivity contribution >= 4 is 29.3 Å². The van der Waals surface area contributed by atoms with Crippen LogP contribution in [0.15, 0.2) is 24.3 Å². The molecule has 2 rings (SSSR count). The predicted octanol–water partition coefficient (Wildman–Crippen LogP) is 4.20. The Kier molecular flexibility index (Phi) is 19.1. The smallest absolute Gasteiger partial charge is 0.245 e. The van der Waals surface area contributed by atoms with Gasteiger partial charge in [0, 0.05) is 46.6 Å². The van der Waals surface area contributed by atoms with Crippen molar-refractivity contribution in [1.82, 2.24) is 24.9 Å². The van der Waals surface area contributed by atoms with Gasteiger partial charge in [0.1, 0.15) is 6.04 Å². The average molecular weight is 770 g/mol. The van der Waals surface area contributed by atoms with Crippen LogP contribution < -0.4 is 11.1 Å². The van der Waals surface area contributed by atoms with E-state index in [1.165, 1.54) is 0 Å². The summed E-state index contributed by atoms with van der Waals surface area (Å²) in [5, 5.41) is 12.7. The minimum atomic E-state index is -0.764. The number of ether oxygens (including phenoxy) is 2. The molecule has 1 aromatic rings. The molecule has 0 aliphatic carbocycles. The van der Waals surface area contributed by atoms with Gasteiger partial charge in [-0.2, -0.15) is 5.26 Å². The maximum absolute atomic E-state index is 14.3. The molecule has 1 aliphatic rings. The summed E-state index contributed by atoms with van der Waals surface area (Å²) in [6.07, 6.45) is 1.60. The third-order valence-electron chi connectivity index (χ3n) is 11.6. The number of nitriles is 1. The molecule has 0 bridgehead atoms. The van der Waals surface area contributed by atoms with E-state index in [4.69, 9.17) is 15.2 Å². The van der Waals surface area contributed by atoms with Crippen LogP contribution in [0.3, 0.4) is 0 Å². The van der Waals surface area contributed by atoms with Crippen molar-refractivity contribution in [3.8, 4) is 6.07 Å². The minimum Gasteiger partial charge on any atom is -0.399 e. The lowest BCUT2D eigenvalue weighted by atomic mass is 9.89. The molecule has 4 amide bonds. The van der Waals surface area contributed by atoms with E-state index < -0.39 is 36.3 Å². The van der Waals surface area contributed by atoms with Gasteiger partial charge in [0.25, 0.3) is 0 Å². The highest BCUT2D eigenvalue weighted by Crippen LogP contribution is 2.30. The number of benzene rings is 1. The van der Waals surface area contributed by atoms with Gasteiger partial charge < -0.3 is 35.2 Å². The molecule has 0 spiro atoms. The second kappa shape index (κ2) is 22.1. The number of amides is 4. The molecular weight excluding hydrogens is 699 g/mol. The lowest BCUT2D eigenvalue weighted by Gasteiger charge is -2.41. The molecule has 9 atom stereocenters. The number of likely N-dealkylation sites (N-methyl/N-ethyl adjacent to an activating group) is 3. The second-order valence-corrected chi connectivity index (χ2v) is 16.4. The number of nitrogens with one attached hydrogen (secondary N) is 1. The lowest BCUT2D eigenvalue weighted by molar-refractivity contribution is -0.149. The van der Waals surface area contributed by atoms with Crippen LogP contribution in [0, 0.1) is 35.0 Å². The number of nitrogen functional groups attached to an aromatic ring is 1. The van der Waals surface area contributed by atoms with Crippen molar-refractivity contribution in [1.29, 1.82) is 5.26 Å². The van der Waals surface area contributed by atoms with E-state index in [-0.39, 0.29) is 66.3 Å². The quantitative estimate of drug-likeness (QED) is 0.175. The van der Waals surface area contributed by atoms with E-state index in [1.54, 1.807) is 44.2 Å². The van der Waals surface area contributed by atoms with Crippen molar-refractivity contribution < 1.29 is 28.7 Å². The van der Waals surface area contributed by atoms with Crippen LogP contribution >= 0.6 is 0 Å². The molecule has 1 saturated heterocycles. The van der Waals surface area contributed by atoms with Crippen LogP contribution in [0.4, 0.5) is 5.69 Å². The predicted molar refractivity (Wildman–Crippen MR) is 217 cm³/mol. The van der Waals surface area contributed by atoms with E-state index in [9.17, 15) is 24.4 Å². The maximum Gasteiger partial charge on any atom is 0.245 e. The van der Waals surface area contributed by atoms with E-state index in [0.717, 1.165) is 18.4 Å². The summed E-state index contributed by atoms with van der Waals surface area (Å²) in [5.74, 6) is -1.50. The van der Waals surface area contributed by atoms with Gasteiger partial charge in [0.2, 0.25) is 23.6 Å². The number of anilines is 1. The first kappa shape index (κ1) is 47.4. The third kappa shape index (κ3) is 12.4. The van der Waals surface area contributed by atoms with Crippen LogP contribution in [0.25, 0.3) is 0 Å². The standard InChI is InChI=1S/C42H71N7O6/c1-14-28(6)38(48(11)42(53)36(26(2)3)45-40(51)37(27(4)5)46(8)9)34(54-12)25-35(50)49-22-16-19-33(49)39(55-13)29(7)41(52)47(10)32(20-21-43)24-30-17-15-18-31(44)23-30/h15,17-18,23,26-29,32-34,36-39H,14,16,19-20,22,24-25,44H2,1-13H3,(H,45,51)/t28-,29+,32+,33-,34+,36-,37+,38-,39+/m0/s1. The Bertz CT molecular complexity index is 1440. The fourth-order valence-electron chi connectivity index (χ4n) is 8.35. The van der Waals surface area contributed by atoms with Gasteiger partial charge in [-0.25, -0.2) is 0 Å². The van der Waals surface area contributed by atoms with Gasteiger partial charge >= 0.3 is 0 Å². The Hall–Kier alpha value is -3.73. The Morgan fingerprint density at radius 2 is 1.64 bits per heavy atom. The molecule has 13 heteroatoms. The number of nitrogens with two attached hydrogens (primary N) is 1. The molecule has 0 radical (unpaired) electrons. The normalized spacial score (nSPS) is 18.9. The first-order valence-corrected chi connectivity index (χ1v) is 19.9. The van der Waals surface area contributed by atoms with Gasteiger partial charge in [-0.3, -0.25) is 24.1 Å². The molecule has 55 heavy (non-hydrogen) atoms. The lowest BCUT2D eigenvalue weighted by Crippen LogP contribution is -2.59. The molecular formula is C42H71N7O6. The molecule has 0 aromatic heterocycles. The molecule has 13 nitrogen and oxygen atoms in total. The second-order valence-electron chi connectivity index (χ2n) is 16.4. The Morgan fingerprint density at radius 1 is 0.982 bits per heavy atom. The van der Waals surface area contributed by atoms with Crippen LogP contribution in [-0.2, 0) is 35.1 Å². The number of nitrogens with zero attached hydrogens (tertiary/aromatic N) is 5. The number of likely N-dealkylation sites (tertiary alicyclic amines) is 1. The molecule has 3 N–H and O–H groups in total. The number of hydrogen-bond acceptors (Lipinski definition) is 9. The number of carbonyl (C=O) groups is 4. The van der Waals surface area contributed by atoms with Crippen LogP contribution in [0.2, 0.25) is 0 Å². The Balaban J connectivity index is 2.31. The highest BCUT2D eigenvalue weighted by atomic mass is 16.5. The van der Waals surface area contributed by atoms with Crippen LogP contribution in [0.5, 0.6) is 0 Å². The van der Waals surface area contributed by atoms with Gasteiger partial charge in [-0.1, -0.05) is 67.0 Å². The zero-order valence-corrected chi connectivity index (χ0v) is 35.9. The number of methoxy groups -OCH3 is 2.